The second kappa shape index (κ2) is 6.28. The Morgan fingerprint density at radius 3 is 2.70 bits per heavy atom. The molecular weight excluding hydrogens is 254 g/mol. The van der Waals surface area contributed by atoms with Gasteiger partial charge in [-0.15, -0.1) is 0 Å². The third-order valence-electron chi connectivity index (χ3n) is 5.41. The van der Waals surface area contributed by atoms with Crippen molar-refractivity contribution in [1.82, 2.24) is 9.80 Å². The van der Waals surface area contributed by atoms with Crippen LogP contribution in [-0.2, 0) is 9.47 Å². The highest BCUT2D eigenvalue weighted by atomic mass is 16.5. The number of morpholine rings is 1. The summed E-state index contributed by atoms with van der Waals surface area (Å²) in [6.45, 7) is 10.1. The summed E-state index contributed by atoms with van der Waals surface area (Å²) in [6.07, 6.45) is 3.79. The maximum Gasteiger partial charge on any atom is 0.0594 e. The summed E-state index contributed by atoms with van der Waals surface area (Å²) in [4.78, 5) is 5.27. The van der Waals surface area contributed by atoms with Crippen LogP contribution in [0, 0.1) is 0 Å². The van der Waals surface area contributed by atoms with Crippen LogP contribution in [0.1, 0.15) is 26.2 Å². The molecule has 5 heteroatoms. The molecule has 0 aliphatic carbocycles. The van der Waals surface area contributed by atoms with Crippen molar-refractivity contribution in [3.05, 3.63) is 0 Å². The first-order chi connectivity index (χ1) is 9.73. The lowest BCUT2D eigenvalue weighted by Gasteiger charge is -2.46. The molecular formula is C15H29N3O2. The number of nitrogens with zero attached hydrogens (tertiary/aromatic N) is 2. The van der Waals surface area contributed by atoms with E-state index in [1.165, 1.54) is 19.5 Å². The molecule has 5 nitrogen and oxygen atoms in total. The van der Waals surface area contributed by atoms with Gasteiger partial charge in [0.15, 0.2) is 0 Å². The van der Waals surface area contributed by atoms with Gasteiger partial charge in [-0.2, -0.15) is 0 Å². The molecule has 20 heavy (non-hydrogen) atoms. The third-order valence-corrected chi connectivity index (χ3v) is 5.41. The molecule has 0 bridgehead atoms. The number of nitrogens with two attached hydrogens (primary N) is 1. The van der Waals surface area contributed by atoms with Gasteiger partial charge in [-0.3, -0.25) is 9.80 Å². The van der Waals surface area contributed by atoms with Crippen molar-refractivity contribution in [2.45, 2.75) is 43.9 Å². The number of ether oxygens (including phenoxy) is 2. The van der Waals surface area contributed by atoms with E-state index in [-0.39, 0.29) is 5.54 Å². The zero-order valence-electron chi connectivity index (χ0n) is 12.7. The van der Waals surface area contributed by atoms with Gasteiger partial charge in [-0.05, 0) is 26.2 Å². The van der Waals surface area contributed by atoms with Crippen molar-refractivity contribution in [3.63, 3.8) is 0 Å². The lowest BCUT2D eigenvalue weighted by molar-refractivity contribution is -0.0597. The van der Waals surface area contributed by atoms with E-state index in [1.807, 2.05) is 0 Å². The Balaban J connectivity index is 1.62. The van der Waals surface area contributed by atoms with E-state index < -0.39 is 0 Å². The Hall–Kier alpha value is -0.200. The van der Waals surface area contributed by atoms with Crippen molar-refractivity contribution in [2.75, 3.05) is 52.5 Å². The summed E-state index contributed by atoms with van der Waals surface area (Å²) in [5, 5.41) is 0. The molecule has 3 unspecified atom stereocenters. The van der Waals surface area contributed by atoms with Gasteiger partial charge in [0.25, 0.3) is 0 Å². The molecule has 3 fully saturated rings. The number of rotatable bonds is 3. The molecule has 116 valence electrons. The van der Waals surface area contributed by atoms with Gasteiger partial charge in [-0.25, -0.2) is 0 Å². The van der Waals surface area contributed by atoms with Crippen LogP contribution in [0.15, 0.2) is 0 Å². The number of hydrogen-bond donors (Lipinski definition) is 1. The van der Waals surface area contributed by atoms with E-state index in [9.17, 15) is 0 Å². The molecule has 3 atom stereocenters. The first-order valence-corrected chi connectivity index (χ1v) is 8.12. The molecule has 2 N–H and O–H groups in total. The fraction of sp³-hybridized carbons (Fsp3) is 1.00. The van der Waals surface area contributed by atoms with Gasteiger partial charge in [-0.1, -0.05) is 0 Å². The largest absolute Gasteiger partial charge is 0.379 e. The summed E-state index contributed by atoms with van der Waals surface area (Å²) in [5.74, 6) is 0. The minimum Gasteiger partial charge on any atom is -0.379 e. The minimum absolute atomic E-state index is 0.179. The Kier molecular flexibility index (Phi) is 4.62. The maximum atomic E-state index is 6.17. The monoisotopic (exact) mass is 283 g/mol. The van der Waals surface area contributed by atoms with Gasteiger partial charge in [0, 0.05) is 50.9 Å². The molecule has 0 radical (unpaired) electrons. The second-order valence-corrected chi connectivity index (χ2v) is 6.60. The zero-order valence-corrected chi connectivity index (χ0v) is 12.7. The number of likely N-dealkylation sites (tertiary alicyclic amines) is 1. The number of hydrogen-bond acceptors (Lipinski definition) is 5. The van der Waals surface area contributed by atoms with Crippen LogP contribution < -0.4 is 5.73 Å². The summed E-state index contributed by atoms with van der Waals surface area (Å²) >= 11 is 0. The Bertz CT molecular complexity index is 322. The van der Waals surface area contributed by atoms with Crippen LogP contribution in [0.25, 0.3) is 0 Å². The van der Waals surface area contributed by atoms with Gasteiger partial charge in [0.05, 0.1) is 19.3 Å². The van der Waals surface area contributed by atoms with Crippen molar-refractivity contribution in [1.29, 1.82) is 0 Å². The maximum absolute atomic E-state index is 6.17. The zero-order chi connectivity index (χ0) is 14.0. The Morgan fingerprint density at radius 1 is 1.20 bits per heavy atom. The third kappa shape index (κ3) is 2.88. The standard InChI is InChI=1S/C15H29N3O2/c1-13-10-15(12-16,3-7-20-13)18-4-2-14(11-18)17-5-8-19-9-6-17/h13-14H,2-12,16H2,1H3. The van der Waals surface area contributed by atoms with Gasteiger partial charge >= 0.3 is 0 Å². The minimum atomic E-state index is 0.179. The van der Waals surface area contributed by atoms with Crippen LogP contribution in [0.5, 0.6) is 0 Å². The first kappa shape index (κ1) is 14.7. The summed E-state index contributed by atoms with van der Waals surface area (Å²) in [7, 11) is 0. The van der Waals surface area contributed by atoms with Crippen LogP contribution in [0.2, 0.25) is 0 Å². The lowest BCUT2D eigenvalue weighted by Crippen LogP contribution is -2.58. The molecule has 0 saturated carbocycles. The highest BCUT2D eigenvalue weighted by Crippen LogP contribution is 2.34. The fourth-order valence-electron chi connectivity index (χ4n) is 4.16. The average molecular weight is 283 g/mol. The summed E-state index contributed by atoms with van der Waals surface area (Å²) in [6, 6.07) is 0.695. The molecule has 0 aromatic rings. The second-order valence-electron chi connectivity index (χ2n) is 6.60. The Labute approximate surface area is 122 Å². The smallest absolute Gasteiger partial charge is 0.0594 e. The predicted molar refractivity (Wildman–Crippen MR) is 78.8 cm³/mol. The van der Waals surface area contributed by atoms with Crippen LogP contribution >= 0.6 is 0 Å². The average Bonchev–Trinajstić information content (AvgIpc) is 2.98. The summed E-state index contributed by atoms with van der Waals surface area (Å²) in [5.41, 5.74) is 6.35. The molecule has 3 saturated heterocycles. The topological polar surface area (TPSA) is 51.0 Å². The van der Waals surface area contributed by atoms with Crippen LogP contribution in [0.3, 0.4) is 0 Å². The summed E-state index contributed by atoms with van der Waals surface area (Å²) < 4.78 is 11.2. The van der Waals surface area contributed by atoms with Crippen molar-refractivity contribution in [3.8, 4) is 0 Å². The molecule has 0 aromatic carbocycles. The van der Waals surface area contributed by atoms with Crippen molar-refractivity contribution < 1.29 is 9.47 Å². The van der Waals surface area contributed by atoms with E-state index >= 15 is 0 Å². The molecule has 3 aliphatic rings. The van der Waals surface area contributed by atoms with Crippen LogP contribution in [0.4, 0.5) is 0 Å². The first-order valence-electron chi connectivity index (χ1n) is 8.12. The molecule has 0 amide bonds. The molecule has 3 aliphatic heterocycles. The van der Waals surface area contributed by atoms with Gasteiger partial charge in [0.1, 0.15) is 0 Å². The Morgan fingerprint density at radius 2 is 2.00 bits per heavy atom. The van der Waals surface area contributed by atoms with E-state index in [0.717, 1.165) is 52.3 Å². The SMILES string of the molecule is CC1CC(CN)(N2CCC(N3CCOCC3)C2)CCO1. The van der Waals surface area contributed by atoms with Crippen LogP contribution in [-0.4, -0.2) is 80.0 Å². The van der Waals surface area contributed by atoms with Gasteiger partial charge in [0.2, 0.25) is 0 Å². The molecule has 0 spiro atoms. The van der Waals surface area contributed by atoms with E-state index in [1.54, 1.807) is 0 Å². The fourth-order valence-corrected chi connectivity index (χ4v) is 4.16. The quantitative estimate of drug-likeness (QED) is 0.807. The molecule has 3 heterocycles. The normalized spacial score (nSPS) is 41.1. The van der Waals surface area contributed by atoms with E-state index in [2.05, 4.69) is 16.7 Å². The van der Waals surface area contributed by atoms with E-state index in [4.69, 9.17) is 15.2 Å². The molecule has 0 aromatic heterocycles. The predicted octanol–water partition coefficient (Wildman–Crippen LogP) is 0.289. The lowest BCUT2D eigenvalue weighted by atomic mass is 9.85. The van der Waals surface area contributed by atoms with Gasteiger partial charge < -0.3 is 15.2 Å². The highest BCUT2D eigenvalue weighted by Gasteiger charge is 2.43. The van der Waals surface area contributed by atoms with Crippen molar-refractivity contribution in [2.24, 2.45) is 5.73 Å². The highest BCUT2D eigenvalue weighted by molar-refractivity contribution is 5.00. The van der Waals surface area contributed by atoms with E-state index in [0.29, 0.717) is 12.1 Å². The van der Waals surface area contributed by atoms with Crippen molar-refractivity contribution >= 4 is 0 Å². The molecule has 3 rings (SSSR count).